The van der Waals surface area contributed by atoms with Crippen LogP contribution in [0.25, 0.3) is 11.5 Å². The van der Waals surface area contributed by atoms with Crippen LogP contribution in [0.5, 0.6) is 0 Å². The predicted octanol–water partition coefficient (Wildman–Crippen LogP) is 2.90. The van der Waals surface area contributed by atoms with Crippen molar-refractivity contribution in [3.63, 3.8) is 0 Å². The normalized spacial score (nSPS) is 19.9. The highest BCUT2D eigenvalue weighted by Crippen LogP contribution is 2.21. The van der Waals surface area contributed by atoms with E-state index in [0.717, 1.165) is 43.4 Å². The third-order valence-electron chi connectivity index (χ3n) is 3.76. The van der Waals surface area contributed by atoms with E-state index >= 15 is 0 Å². The van der Waals surface area contributed by atoms with E-state index in [1.54, 1.807) is 6.26 Å². The zero-order valence-electron chi connectivity index (χ0n) is 11.4. The lowest BCUT2D eigenvalue weighted by Crippen LogP contribution is -2.39. The molecule has 0 spiro atoms. The van der Waals surface area contributed by atoms with Crippen LogP contribution in [0.2, 0.25) is 0 Å². The number of oxazole rings is 1. The maximum absolute atomic E-state index is 11.1. The van der Waals surface area contributed by atoms with Crippen molar-refractivity contribution in [2.45, 2.75) is 31.8 Å². The summed E-state index contributed by atoms with van der Waals surface area (Å²) >= 11 is 0. The molecule has 0 amide bonds. The van der Waals surface area contributed by atoms with Crippen molar-refractivity contribution in [3.8, 4) is 11.5 Å². The van der Waals surface area contributed by atoms with E-state index in [2.05, 4.69) is 9.88 Å². The fourth-order valence-corrected chi connectivity index (χ4v) is 2.67. The Hall–Kier alpha value is -1.94. The minimum Gasteiger partial charge on any atom is -0.444 e. The molecule has 0 saturated carbocycles. The van der Waals surface area contributed by atoms with Crippen molar-refractivity contribution in [1.29, 1.82) is 0 Å². The lowest BCUT2D eigenvalue weighted by molar-refractivity contribution is -0.113. The number of piperidine rings is 1. The zero-order valence-corrected chi connectivity index (χ0v) is 11.4. The van der Waals surface area contributed by atoms with E-state index in [0.29, 0.717) is 12.4 Å². The third-order valence-corrected chi connectivity index (χ3v) is 3.76. The first-order chi connectivity index (χ1) is 9.86. The van der Waals surface area contributed by atoms with Crippen molar-refractivity contribution in [3.05, 3.63) is 42.3 Å². The standard InChI is InChI=1S/C16H18N2O2/c19-11-15-8-4-5-9-18(15)10-14-12-20-16(17-14)13-6-2-1-3-7-13/h1-3,6-7,11-12,15H,4-5,8-10H2. The average molecular weight is 270 g/mol. The molecule has 4 heteroatoms. The first-order valence-electron chi connectivity index (χ1n) is 7.06. The maximum Gasteiger partial charge on any atom is 0.226 e. The Morgan fingerprint density at radius 1 is 1.30 bits per heavy atom. The molecule has 2 aromatic rings. The van der Waals surface area contributed by atoms with Crippen LogP contribution in [-0.2, 0) is 11.3 Å². The molecule has 3 rings (SSSR count). The van der Waals surface area contributed by atoms with Gasteiger partial charge in [0.05, 0.1) is 11.7 Å². The van der Waals surface area contributed by atoms with Crippen molar-refractivity contribution in [2.24, 2.45) is 0 Å². The van der Waals surface area contributed by atoms with Crippen molar-refractivity contribution < 1.29 is 9.21 Å². The first-order valence-corrected chi connectivity index (χ1v) is 7.06. The van der Waals surface area contributed by atoms with Gasteiger partial charge in [0, 0.05) is 12.1 Å². The van der Waals surface area contributed by atoms with Gasteiger partial charge in [0.1, 0.15) is 12.5 Å². The summed E-state index contributed by atoms with van der Waals surface area (Å²) in [5, 5.41) is 0. The summed E-state index contributed by atoms with van der Waals surface area (Å²) in [5.41, 5.74) is 1.86. The van der Waals surface area contributed by atoms with Gasteiger partial charge in [0.15, 0.2) is 0 Å². The number of likely N-dealkylation sites (tertiary alicyclic amines) is 1. The summed E-state index contributed by atoms with van der Waals surface area (Å²) in [6.07, 6.45) is 5.98. The van der Waals surface area contributed by atoms with E-state index < -0.39 is 0 Å². The molecule has 2 heterocycles. The third kappa shape index (κ3) is 2.80. The number of hydrogen-bond donors (Lipinski definition) is 0. The molecule has 104 valence electrons. The minimum absolute atomic E-state index is 0.0284. The summed E-state index contributed by atoms with van der Waals surface area (Å²) in [6, 6.07) is 9.88. The molecular formula is C16H18N2O2. The lowest BCUT2D eigenvalue weighted by Gasteiger charge is -2.31. The molecule has 1 aliphatic heterocycles. The number of carbonyl (C=O) groups is 1. The highest BCUT2D eigenvalue weighted by molar-refractivity contribution is 5.57. The molecule has 1 aliphatic rings. The zero-order chi connectivity index (χ0) is 13.8. The van der Waals surface area contributed by atoms with Gasteiger partial charge in [0.25, 0.3) is 0 Å². The fraction of sp³-hybridized carbons (Fsp3) is 0.375. The Balaban J connectivity index is 1.72. The predicted molar refractivity (Wildman–Crippen MR) is 76.1 cm³/mol. The lowest BCUT2D eigenvalue weighted by atomic mass is 10.0. The number of rotatable bonds is 4. The Morgan fingerprint density at radius 2 is 2.15 bits per heavy atom. The van der Waals surface area contributed by atoms with Crippen molar-refractivity contribution in [2.75, 3.05) is 6.54 Å². The second kappa shape index (κ2) is 6.01. The van der Waals surface area contributed by atoms with E-state index in [4.69, 9.17) is 4.42 Å². The second-order valence-electron chi connectivity index (χ2n) is 5.18. The Labute approximate surface area is 118 Å². The summed E-state index contributed by atoms with van der Waals surface area (Å²) in [7, 11) is 0. The number of benzene rings is 1. The molecule has 1 atom stereocenters. The van der Waals surface area contributed by atoms with E-state index in [1.807, 2.05) is 30.3 Å². The molecular weight excluding hydrogens is 252 g/mol. The topological polar surface area (TPSA) is 46.3 Å². The Morgan fingerprint density at radius 3 is 2.95 bits per heavy atom. The number of carbonyl (C=O) groups excluding carboxylic acids is 1. The SMILES string of the molecule is O=CC1CCCCN1Cc1coc(-c2ccccc2)n1. The summed E-state index contributed by atoms with van der Waals surface area (Å²) < 4.78 is 5.54. The van der Waals surface area contributed by atoms with Crippen LogP contribution < -0.4 is 0 Å². The van der Waals surface area contributed by atoms with Crippen LogP contribution in [0.1, 0.15) is 25.0 Å². The molecule has 0 aliphatic carbocycles. The summed E-state index contributed by atoms with van der Waals surface area (Å²) in [6.45, 7) is 1.64. The van der Waals surface area contributed by atoms with Gasteiger partial charge in [-0.3, -0.25) is 4.90 Å². The number of hydrogen-bond acceptors (Lipinski definition) is 4. The van der Waals surface area contributed by atoms with Crippen LogP contribution in [0.4, 0.5) is 0 Å². The molecule has 1 saturated heterocycles. The van der Waals surface area contributed by atoms with Crippen LogP contribution in [0.15, 0.2) is 41.0 Å². The molecule has 0 N–H and O–H groups in total. The summed E-state index contributed by atoms with van der Waals surface area (Å²) in [5.74, 6) is 0.639. The van der Waals surface area contributed by atoms with Gasteiger partial charge in [-0.15, -0.1) is 0 Å². The van der Waals surface area contributed by atoms with Gasteiger partial charge in [-0.05, 0) is 31.5 Å². The van der Waals surface area contributed by atoms with Crippen molar-refractivity contribution >= 4 is 6.29 Å². The highest BCUT2D eigenvalue weighted by Gasteiger charge is 2.22. The molecule has 1 aromatic heterocycles. The largest absolute Gasteiger partial charge is 0.444 e. The van der Waals surface area contributed by atoms with Crippen molar-refractivity contribution in [1.82, 2.24) is 9.88 Å². The maximum atomic E-state index is 11.1. The van der Waals surface area contributed by atoms with Gasteiger partial charge in [0.2, 0.25) is 5.89 Å². The van der Waals surface area contributed by atoms with Gasteiger partial charge in [-0.1, -0.05) is 24.6 Å². The van der Waals surface area contributed by atoms with Crippen LogP contribution in [0.3, 0.4) is 0 Å². The van der Waals surface area contributed by atoms with Crippen LogP contribution >= 0.6 is 0 Å². The molecule has 1 unspecified atom stereocenters. The number of aromatic nitrogens is 1. The van der Waals surface area contributed by atoms with Crippen LogP contribution in [-0.4, -0.2) is 28.8 Å². The average Bonchev–Trinajstić information content (AvgIpc) is 2.97. The molecule has 0 bridgehead atoms. The van der Waals surface area contributed by atoms with E-state index in [1.165, 1.54) is 0 Å². The fourth-order valence-electron chi connectivity index (χ4n) is 2.67. The second-order valence-corrected chi connectivity index (χ2v) is 5.18. The molecule has 1 fully saturated rings. The first kappa shape index (κ1) is 13.1. The molecule has 1 aromatic carbocycles. The Bertz CT molecular complexity index is 565. The quantitative estimate of drug-likeness (QED) is 0.801. The van der Waals surface area contributed by atoms with E-state index in [-0.39, 0.29) is 6.04 Å². The van der Waals surface area contributed by atoms with Gasteiger partial charge in [-0.25, -0.2) is 4.98 Å². The monoisotopic (exact) mass is 270 g/mol. The molecule has 0 radical (unpaired) electrons. The van der Waals surface area contributed by atoms with Crippen LogP contribution in [0, 0.1) is 0 Å². The van der Waals surface area contributed by atoms with Gasteiger partial charge < -0.3 is 9.21 Å². The highest BCUT2D eigenvalue weighted by atomic mass is 16.3. The minimum atomic E-state index is 0.0284. The number of nitrogens with zero attached hydrogens (tertiary/aromatic N) is 2. The molecule has 4 nitrogen and oxygen atoms in total. The van der Waals surface area contributed by atoms with Gasteiger partial charge >= 0.3 is 0 Å². The smallest absolute Gasteiger partial charge is 0.226 e. The summed E-state index contributed by atoms with van der Waals surface area (Å²) in [4.78, 5) is 17.8. The molecule has 20 heavy (non-hydrogen) atoms. The number of aldehydes is 1. The van der Waals surface area contributed by atoms with E-state index in [9.17, 15) is 4.79 Å². The Kier molecular flexibility index (Phi) is 3.92. The van der Waals surface area contributed by atoms with Gasteiger partial charge in [-0.2, -0.15) is 0 Å².